The van der Waals surface area contributed by atoms with Gasteiger partial charge in [0.2, 0.25) is 0 Å². The number of benzene rings is 1. The number of hydrogen-bond acceptors (Lipinski definition) is 2. The Morgan fingerprint density at radius 3 is 2.70 bits per heavy atom. The molecule has 0 spiro atoms. The summed E-state index contributed by atoms with van der Waals surface area (Å²) in [6.07, 6.45) is 6.41. The van der Waals surface area contributed by atoms with Gasteiger partial charge in [0, 0.05) is 28.7 Å². The second-order valence-corrected chi connectivity index (χ2v) is 7.86. The summed E-state index contributed by atoms with van der Waals surface area (Å²) in [4.78, 5) is 4.87. The molecule has 1 heterocycles. The number of rotatable bonds is 8. The Hall–Kier alpha value is -1.09. The fraction of sp³-hybridized carbons (Fsp3) is 0.500. The van der Waals surface area contributed by atoms with Crippen molar-refractivity contribution in [2.45, 2.75) is 44.9 Å². The van der Waals surface area contributed by atoms with Crippen molar-refractivity contribution in [3.8, 4) is 0 Å². The number of aromatic amines is 1. The fourth-order valence-corrected chi connectivity index (χ4v) is 3.95. The van der Waals surface area contributed by atoms with Crippen molar-refractivity contribution in [3.05, 3.63) is 51.8 Å². The van der Waals surface area contributed by atoms with Crippen LogP contribution in [-0.2, 0) is 11.8 Å². The lowest BCUT2D eigenvalue weighted by Gasteiger charge is -2.17. The Kier molecular flexibility index (Phi) is 8.60. The van der Waals surface area contributed by atoms with Gasteiger partial charge < -0.3 is 10.6 Å². The number of halogens is 2. The Morgan fingerprint density at radius 2 is 2.07 bits per heavy atom. The van der Waals surface area contributed by atoms with Crippen molar-refractivity contribution in [3.63, 3.8) is 0 Å². The van der Waals surface area contributed by atoms with Gasteiger partial charge in [-0.3, -0.25) is 10.1 Å². The highest BCUT2D eigenvalue weighted by Gasteiger charge is 2.45. The minimum Gasteiger partial charge on any atom is -0.357 e. The Morgan fingerprint density at radius 1 is 1.30 bits per heavy atom. The Bertz CT molecular complexity index is 754. The number of aryl methyl sites for hydroxylation is 2. The molecule has 1 aromatic carbocycles. The highest BCUT2D eigenvalue weighted by atomic mass is 127. The van der Waals surface area contributed by atoms with Gasteiger partial charge in [-0.2, -0.15) is 5.10 Å². The third kappa shape index (κ3) is 5.94. The summed E-state index contributed by atoms with van der Waals surface area (Å²) >= 11 is 3.70. The van der Waals surface area contributed by atoms with Crippen LogP contribution in [0.15, 0.2) is 39.9 Å². The molecule has 0 bridgehead atoms. The van der Waals surface area contributed by atoms with E-state index in [0.29, 0.717) is 0 Å². The van der Waals surface area contributed by atoms with Gasteiger partial charge in [-0.25, -0.2) is 0 Å². The van der Waals surface area contributed by atoms with E-state index < -0.39 is 0 Å². The molecule has 0 atom stereocenters. The zero-order chi connectivity index (χ0) is 18.4. The minimum atomic E-state index is 0. The van der Waals surface area contributed by atoms with E-state index in [4.69, 9.17) is 4.99 Å². The van der Waals surface area contributed by atoms with E-state index >= 15 is 0 Å². The predicted molar refractivity (Wildman–Crippen MR) is 126 cm³/mol. The van der Waals surface area contributed by atoms with E-state index in [0.717, 1.165) is 44.1 Å². The van der Waals surface area contributed by atoms with Crippen LogP contribution in [0.2, 0.25) is 0 Å². The third-order valence-electron chi connectivity index (χ3n) is 5.03. The minimum absolute atomic E-state index is 0. The lowest BCUT2D eigenvalue weighted by molar-refractivity contribution is 0.684. The summed E-state index contributed by atoms with van der Waals surface area (Å²) in [6, 6.07) is 8.53. The van der Waals surface area contributed by atoms with Crippen LogP contribution < -0.4 is 10.6 Å². The molecule has 1 aromatic heterocycles. The molecule has 3 N–H and O–H groups in total. The number of H-pyrrole nitrogens is 1. The van der Waals surface area contributed by atoms with Crippen LogP contribution in [0.25, 0.3) is 0 Å². The first-order valence-electron chi connectivity index (χ1n) is 9.41. The van der Waals surface area contributed by atoms with E-state index in [-0.39, 0.29) is 29.4 Å². The molecule has 0 radical (unpaired) electrons. The smallest absolute Gasteiger partial charge is 0.191 e. The molecule has 0 unspecified atom stereocenters. The first-order chi connectivity index (χ1) is 12.6. The highest BCUT2D eigenvalue weighted by Crippen LogP contribution is 2.50. The highest BCUT2D eigenvalue weighted by molar-refractivity contribution is 14.0. The van der Waals surface area contributed by atoms with Gasteiger partial charge in [0.05, 0.1) is 12.7 Å². The molecule has 7 heteroatoms. The van der Waals surface area contributed by atoms with Crippen LogP contribution >= 0.6 is 39.9 Å². The topological polar surface area (TPSA) is 65.1 Å². The van der Waals surface area contributed by atoms with E-state index in [9.17, 15) is 0 Å². The van der Waals surface area contributed by atoms with Gasteiger partial charge in [0.1, 0.15) is 0 Å². The third-order valence-corrected chi connectivity index (χ3v) is 5.72. The summed E-state index contributed by atoms with van der Waals surface area (Å²) < 4.78 is 1.20. The number of guanidine groups is 1. The molecule has 3 rings (SSSR count). The monoisotopic (exact) mass is 545 g/mol. The van der Waals surface area contributed by atoms with Crippen LogP contribution in [0.3, 0.4) is 0 Å². The van der Waals surface area contributed by atoms with Crippen molar-refractivity contribution in [1.29, 1.82) is 0 Å². The van der Waals surface area contributed by atoms with Crippen LogP contribution in [0.4, 0.5) is 0 Å². The summed E-state index contributed by atoms with van der Waals surface area (Å²) in [5, 5.41) is 13.9. The molecular formula is C20H29BrIN5. The van der Waals surface area contributed by atoms with Crippen LogP contribution in [0.5, 0.6) is 0 Å². The van der Waals surface area contributed by atoms with E-state index in [2.05, 4.69) is 74.9 Å². The molecule has 27 heavy (non-hydrogen) atoms. The zero-order valence-corrected chi connectivity index (χ0v) is 19.9. The standard InChI is InChI=1S/C20H28BrN5.HI/c1-3-22-19(23-12-6-7-16-13-25-26-15(16)2)24-14-20(10-11-20)17-8-4-5-9-18(17)21;/h4-5,8-9,13H,3,6-7,10-12,14H2,1-2H3,(H,25,26)(H2,22,23,24);1H. The number of aliphatic imine (C=N–C) groups is 1. The van der Waals surface area contributed by atoms with Gasteiger partial charge in [-0.15, -0.1) is 24.0 Å². The van der Waals surface area contributed by atoms with Crippen molar-refractivity contribution in [2.75, 3.05) is 19.6 Å². The number of nitrogens with one attached hydrogen (secondary N) is 3. The van der Waals surface area contributed by atoms with E-state index in [1.54, 1.807) is 0 Å². The van der Waals surface area contributed by atoms with Crippen molar-refractivity contribution >= 4 is 45.9 Å². The maximum atomic E-state index is 4.87. The molecule has 1 fully saturated rings. The first-order valence-corrected chi connectivity index (χ1v) is 10.2. The average Bonchev–Trinajstić information content (AvgIpc) is 3.32. The SMILES string of the molecule is CCNC(=NCC1(c2ccccc2Br)CC1)NCCCc1cn[nH]c1C.I. The number of aromatic nitrogens is 2. The molecular weight excluding hydrogens is 517 g/mol. The quantitative estimate of drug-likeness (QED) is 0.200. The molecule has 1 aliphatic rings. The van der Waals surface area contributed by atoms with Crippen molar-refractivity contribution in [2.24, 2.45) is 4.99 Å². The molecule has 1 saturated carbocycles. The van der Waals surface area contributed by atoms with Gasteiger partial charge in [-0.05, 0) is 56.7 Å². The molecule has 0 amide bonds. The van der Waals surface area contributed by atoms with E-state index in [1.165, 1.54) is 28.4 Å². The normalized spacial score (nSPS) is 15.1. The molecule has 148 valence electrons. The van der Waals surface area contributed by atoms with Crippen LogP contribution in [0, 0.1) is 6.92 Å². The summed E-state index contributed by atoms with van der Waals surface area (Å²) in [5.41, 5.74) is 4.04. The Balaban J connectivity index is 0.00000261. The summed E-state index contributed by atoms with van der Waals surface area (Å²) in [7, 11) is 0. The number of hydrogen-bond donors (Lipinski definition) is 3. The fourth-order valence-electron chi connectivity index (χ4n) is 3.24. The van der Waals surface area contributed by atoms with Gasteiger partial charge in [-0.1, -0.05) is 34.1 Å². The molecule has 2 aromatic rings. The van der Waals surface area contributed by atoms with Crippen molar-refractivity contribution < 1.29 is 0 Å². The van der Waals surface area contributed by atoms with Gasteiger partial charge in [0.15, 0.2) is 5.96 Å². The maximum absolute atomic E-state index is 4.87. The maximum Gasteiger partial charge on any atom is 0.191 e. The zero-order valence-electron chi connectivity index (χ0n) is 16.0. The molecule has 5 nitrogen and oxygen atoms in total. The largest absolute Gasteiger partial charge is 0.357 e. The summed E-state index contributed by atoms with van der Waals surface area (Å²) in [6.45, 7) is 6.77. The molecule has 0 saturated heterocycles. The van der Waals surface area contributed by atoms with Gasteiger partial charge >= 0.3 is 0 Å². The average molecular weight is 546 g/mol. The van der Waals surface area contributed by atoms with E-state index in [1.807, 2.05) is 6.20 Å². The van der Waals surface area contributed by atoms with Crippen LogP contribution in [-0.4, -0.2) is 35.8 Å². The molecule has 1 aliphatic carbocycles. The van der Waals surface area contributed by atoms with Gasteiger partial charge in [0.25, 0.3) is 0 Å². The number of nitrogens with zero attached hydrogens (tertiary/aromatic N) is 2. The molecule has 0 aliphatic heterocycles. The lowest BCUT2D eigenvalue weighted by Crippen LogP contribution is -2.38. The summed E-state index contributed by atoms with van der Waals surface area (Å²) in [5.74, 6) is 0.912. The second-order valence-electron chi connectivity index (χ2n) is 7.01. The Labute approximate surface area is 187 Å². The first kappa shape index (κ1) is 22.2. The van der Waals surface area contributed by atoms with Crippen molar-refractivity contribution in [1.82, 2.24) is 20.8 Å². The van der Waals surface area contributed by atoms with Crippen LogP contribution in [0.1, 0.15) is 43.0 Å². The second kappa shape index (κ2) is 10.5. The lowest BCUT2D eigenvalue weighted by atomic mass is 9.96. The predicted octanol–water partition coefficient (Wildman–Crippen LogP) is 4.32.